The number of rotatable bonds is 4. The molecule has 0 unspecified atom stereocenters. The standard InChI is InChI=1S/C21H27F3O2/c1-13-7-8-16-15(10-13)19-17(25)11-14(6-4-5-9-21(22,23)24)12-18(19)26-20(16,2)3/h7,11-12,15-16,25H,4-6,8-10H2,1-3H3/t15-,16-/m1/s1. The number of phenols is 1. The van der Waals surface area contributed by atoms with Crippen LogP contribution in [0.4, 0.5) is 13.2 Å². The summed E-state index contributed by atoms with van der Waals surface area (Å²) in [6.45, 7) is 6.27. The van der Waals surface area contributed by atoms with Gasteiger partial charge in [0.1, 0.15) is 17.1 Å². The van der Waals surface area contributed by atoms with Crippen LogP contribution in [0, 0.1) is 5.92 Å². The predicted molar refractivity (Wildman–Crippen MR) is 95.6 cm³/mol. The van der Waals surface area contributed by atoms with Crippen molar-refractivity contribution in [3.63, 3.8) is 0 Å². The lowest BCUT2D eigenvalue weighted by atomic mass is 9.67. The molecule has 3 rings (SSSR count). The van der Waals surface area contributed by atoms with Gasteiger partial charge in [0.15, 0.2) is 0 Å². The molecule has 1 aromatic carbocycles. The molecule has 0 saturated heterocycles. The SMILES string of the molecule is CC1=CC[C@@H]2[C@@H](C1)c1c(O)cc(CCCCC(F)(F)F)cc1OC2(C)C. The second kappa shape index (κ2) is 6.82. The lowest BCUT2D eigenvalue weighted by molar-refractivity contribution is -0.135. The zero-order valence-electron chi connectivity index (χ0n) is 15.6. The van der Waals surface area contributed by atoms with E-state index in [4.69, 9.17) is 4.74 Å². The molecule has 1 aliphatic heterocycles. The molecule has 1 heterocycles. The number of hydrogen-bond donors (Lipinski definition) is 1. The highest BCUT2D eigenvalue weighted by atomic mass is 19.4. The fraction of sp³-hybridized carbons (Fsp3) is 0.619. The number of phenolic OH excluding ortho intramolecular Hbond substituents is 1. The summed E-state index contributed by atoms with van der Waals surface area (Å²) in [5.74, 6) is 1.44. The molecule has 1 aromatic rings. The van der Waals surface area contributed by atoms with Gasteiger partial charge in [0, 0.05) is 23.8 Å². The number of alkyl halides is 3. The van der Waals surface area contributed by atoms with Crippen LogP contribution in [0.3, 0.4) is 0 Å². The highest BCUT2D eigenvalue weighted by Crippen LogP contribution is 2.54. The van der Waals surface area contributed by atoms with E-state index in [0.717, 1.165) is 24.0 Å². The van der Waals surface area contributed by atoms with E-state index in [1.807, 2.05) is 6.07 Å². The molecule has 1 N–H and O–H groups in total. The maximum absolute atomic E-state index is 12.3. The third-order valence-electron chi connectivity index (χ3n) is 5.74. The van der Waals surface area contributed by atoms with Gasteiger partial charge in [-0.2, -0.15) is 13.2 Å². The van der Waals surface area contributed by atoms with Crippen molar-refractivity contribution >= 4 is 0 Å². The van der Waals surface area contributed by atoms with E-state index in [9.17, 15) is 18.3 Å². The molecule has 0 bridgehead atoms. The first kappa shape index (κ1) is 19.1. The van der Waals surface area contributed by atoms with Crippen LogP contribution in [0.1, 0.15) is 69.9 Å². The summed E-state index contributed by atoms with van der Waals surface area (Å²) in [6.07, 6.45) is 0.272. The molecule has 2 nitrogen and oxygen atoms in total. The van der Waals surface area contributed by atoms with Gasteiger partial charge in [0.2, 0.25) is 0 Å². The Morgan fingerprint density at radius 1 is 1.23 bits per heavy atom. The largest absolute Gasteiger partial charge is 0.508 e. The first-order chi connectivity index (χ1) is 12.1. The molecule has 2 aliphatic rings. The van der Waals surface area contributed by atoms with Gasteiger partial charge in [-0.05, 0) is 70.6 Å². The van der Waals surface area contributed by atoms with Gasteiger partial charge in [-0.1, -0.05) is 11.6 Å². The van der Waals surface area contributed by atoms with Gasteiger partial charge in [0.05, 0.1) is 0 Å². The highest BCUT2D eigenvalue weighted by molar-refractivity contribution is 5.52. The smallest absolute Gasteiger partial charge is 0.389 e. The van der Waals surface area contributed by atoms with Gasteiger partial charge in [-0.15, -0.1) is 0 Å². The van der Waals surface area contributed by atoms with E-state index in [-0.39, 0.29) is 23.7 Å². The monoisotopic (exact) mass is 368 g/mol. The quantitative estimate of drug-likeness (QED) is 0.501. The van der Waals surface area contributed by atoms with E-state index in [1.54, 1.807) is 6.07 Å². The van der Waals surface area contributed by atoms with Crippen LogP contribution in [0.25, 0.3) is 0 Å². The van der Waals surface area contributed by atoms with Crippen LogP contribution in [0.2, 0.25) is 0 Å². The van der Waals surface area contributed by atoms with Crippen LogP contribution in [-0.4, -0.2) is 16.9 Å². The molecule has 0 saturated carbocycles. The lowest BCUT2D eigenvalue weighted by Crippen LogP contribution is -2.45. The molecule has 1 aliphatic carbocycles. The second-order valence-electron chi connectivity index (χ2n) is 8.26. The van der Waals surface area contributed by atoms with Crippen LogP contribution in [0.5, 0.6) is 11.5 Å². The van der Waals surface area contributed by atoms with Crippen molar-refractivity contribution < 1.29 is 23.0 Å². The first-order valence-electron chi connectivity index (χ1n) is 9.34. The summed E-state index contributed by atoms with van der Waals surface area (Å²) >= 11 is 0. The Kier molecular flexibility index (Phi) is 5.02. The Labute approximate surface area is 153 Å². The number of aromatic hydroxyl groups is 1. The fourth-order valence-electron chi connectivity index (χ4n) is 4.42. The third kappa shape index (κ3) is 4.02. The molecule has 5 heteroatoms. The van der Waals surface area contributed by atoms with Crippen LogP contribution in [0.15, 0.2) is 23.8 Å². The minimum atomic E-state index is -4.10. The number of unbranched alkanes of at least 4 members (excludes halogenated alkanes) is 1. The summed E-state index contributed by atoms with van der Waals surface area (Å²) in [6, 6.07) is 3.62. The normalized spacial score (nSPS) is 24.3. The Balaban J connectivity index is 1.81. The summed E-state index contributed by atoms with van der Waals surface area (Å²) < 4.78 is 43.1. The summed E-state index contributed by atoms with van der Waals surface area (Å²) in [4.78, 5) is 0. The molecule has 0 fully saturated rings. The second-order valence-corrected chi connectivity index (χ2v) is 8.26. The molecule has 144 valence electrons. The third-order valence-corrected chi connectivity index (χ3v) is 5.74. The summed E-state index contributed by atoms with van der Waals surface area (Å²) in [7, 11) is 0. The Bertz CT molecular complexity index is 704. The van der Waals surface area contributed by atoms with Crippen molar-refractivity contribution in [2.45, 2.75) is 77.0 Å². The van der Waals surface area contributed by atoms with Crippen molar-refractivity contribution in [3.8, 4) is 11.5 Å². The number of benzene rings is 1. The number of ether oxygens (including phenoxy) is 1. The molecule has 0 spiro atoms. The number of halogens is 3. The molecule has 0 radical (unpaired) electrons. The van der Waals surface area contributed by atoms with E-state index >= 15 is 0 Å². The molecular weight excluding hydrogens is 341 g/mol. The van der Waals surface area contributed by atoms with Crippen molar-refractivity contribution in [2.75, 3.05) is 0 Å². The van der Waals surface area contributed by atoms with E-state index < -0.39 is 12.6 Å². The highest BCUT2D eigenvalue weighted by Gasteiger charge is 2.45. The van der Waals surface area contributed by atoms with Crippen LogP contribution < -0.4 is 4.74 Å². The lowest BCUT2D eigenvalue weighted by Gasteiger charge is -2.47. The molecule has 2 atom stereocenters. The van der Waals surface area contributed by atoms with Gasteiger partial charge in [0.25, 0.3) is 0 Å². The van der Waals surface area contributed by atoms with Gasteiger partial charge >= 0.3 is 6.18 Å². The van der Waals surface area contributed by atoms with E-state index in [0.29, 0.717) is 24.5 Å². The Hall–Kier alpha value is -1.65. The van der Waals surface area contributed by atoms with Crippen molar-refractivity contribution in [2.24, 2.45) is 5.92 Å². The number of hydrogen-bond acceptors (Lipinski definition) is 2. The van der Waals surface area contributed by atoms with Gasteiger partial charge < -0.3 is 9.84 Å². The average molecular weight is 368 g/mol. The maximum atomic E-state index is 12.3. The summed E-state index contributed by atoms with van der Waals surface area (Å²) in [5.41, 5.74) is 2.68. The minimum absolute atomic E-state index is 0.0996. The van der Waals surface area contributed by atoms with Crippen molar-refractivity contribution in [1.29, 1.82) is 0 Å². The van der Waals surface area contributed by atoms with Crippen molar-refractivity contribution in [1.82, 2.24) is 0 Å². The molecule has 0 amide bonds. The number of allylic oxidation sites excluding steroid dienone is 2. The van der Waals surface area contributed by atoms with E-state index in [1.165, 1.54) is 5.57 Å². The van der Waals surface area contributed by atoms with Gasteiger partial charge in [-0.3, -0.25) is 0 Å². The minimum Gasteiger partial charge on any atom is -0.508 e. The number of fused-ring (bicyclic) bond motifs is 3. The molecule has 0 aromatic heterocycles. The summed E-state index contributed by atoms with van der Waals surface area (Å²) in [5, 5.41) is 10.6. The molecule has 26 heavy (non-hydrogen) atoms. The molecular formula is C21H27F3O2. The first-order valence-corrected chi connectivity index (χ1v) is 9.34. The fourth-order valence-corrected chi connectivity index (χ4v) is 4.42. The van der Waals surface area contributed by atoms with Crippen LogP contribution in [-0.2, 0) is 6.42 Å². The predicted octanol–water partition coefficient (Wildman–Crippen LogP) is 6.28. The topological polar surface area (TPSA) is 29.5 Å². The Morgan fingerprint density at radius 3 is 2.65 bits per heavy atom. The Morgan fingerprint density at radius 2 is 1.96 bits per heavy atom. The van der Waals surface area contributed by atoms with Crippen molar-refractivity contribution in [3.05, 3.63) is 34.9 Å². The van der Waals surface area contributed by atoms with Crippen LogP contribution >= 0.6 is 0 Å². The zero-order valence-corrected chi connectivity index (χ0v) is 15.6. The zero-order chi connectivity index (χ0) is 19.1. The number of aryl methyl sites for hydroxylation is 1. The van der Waals surface area contributed by atoms with Gasteiger partial charge in [-0.25, -0.2) is 0 Å². The van der Waals surface area contributed by atoms with E-state index in [2.05, 4.69) is 26.8 Å². The average Bonchev–Trinajstić information content (AvgIpc) is 2.49. The maximum Gasteiger partial charge on any atom is 0.389 e.